The number of hydrogen-bond acceptors (Lipinski definition) is 7. The minimum atomic E-state index is -0.742. The predicted octanol–water partition coefficient (Wildman–Crippen LogP) is -2.19. The third kappa shape index (κ3) is 2.45. The molecule has 98 valence electrons. The minimum absolute atomic E-state index is 0.0762. The van der Waals surface area contributed by atoms with Gasteiger partial charge in [0.05, 0.1) is 13.2 Å². The standard InChI is InChI=1S/C9H13N5O4/c1-18-9(17)7-2-6(15)3-14(7)8(16)4-13-5-10-11-12-13/h5-7,15H,2-4H2,1H3. The van der Waals surface area contributed by atoms with Crippen molar-refractivity contribution in [1.29, 1.82) is 0 Å². The van der Waals surface area contributed by atoms with Crippen molar-refractivity contribution in [3.8, 4) is 0 Å². The molecule has 0 radical (unpaired) electrons. The summed E-state index contributed by atoms with van der Waals surface area (Å²) in [5.41, 5.74) is 0. The van der Waals surface area contributed by atoms with E-state index < -0.39 is 18.1 Å². The Bertz CT molecular complexity index is 434. The summed E-state index contributed by atoms with van der Waals surface area (Å²) in [5, 5.41) is 19.9. The van der Waals surface area contributed by atoms with Gasteiger partial charge in [0.15, 0.2) is 0 Å². The maximum absolute atomic E-state index is 12.0. The van der Waals surface area contributed by atoms with E-state index in [1.54, 1.807) is 0 Å². The highest BCUT2D eigenvalue weighted by atomic mass is 16.5. The molecule has 2 unspecified atom stereocenters. The molecule has 0 aliphatic carbocycles. The Labute approximate surface area is 102 Å². The average molecular weight is 255 g/mol. The molecule has 1 fully saturated rings. The number of methoxy groups -OCH3 is 1. The SMILES string of the molecule is COC(=O)C1CC(O)CN1C(=O)Cn1cnnn1. The Hall–Kier alpha value is -2.03. The summed E-state index contributed by atoms with van der Waals surface area (Å²) in [6.07, 6.45) is 0.776. The second-order valence-electron chi connectivity index (χ2n) is 3.98. The van der Waals surface area contributed by atoms with E-state index in [-0.39, 0.29) is 25.4 Å². The summed E-state index contributed by atoms with van der Waals surface area (Å²) >= 11 is 0. The highest BCUT2D eigenvalue weighted by molar-refractivity contribution is 5.85. The Balaban J connectivity index is 2.05. The van der Waals surface area contributed by atoms with E-state index in [2.05, 4.69) is 20.3 Å². The molecule has 0 spiro atoms. The molecule has 2 heterocycles. The number of amides is 1. The van der Waals surface area contributed by atoms with Gasteiger partial charge in [-0.25, -0.2) is 9.48 Å². The molecule has 1 amide bonds. The first-order chi connectivity index (χ1) is 8.61. The molecule has 0 saturated carbocycles. The van der Waals surface area contributed by atoms with Crippen LogP contribution in [-0.2, 0) is 20.9 Å². The van der Waals surface area contributed by atoms with Crippen LogP contribution in [0.3, 0.4) is 0 Å². The smallest absolute Gasteiger partial charge is 0.328 e. The van der Waals surface area contributed by atoms with E-state index in [0.29, 0.717) is 0 Å². The number of carbonyl (C=O) groups is 2. The third-order valence-corrected chi connectivity index (χ3v) is 2.76. The summed E-state index contributed by atoms with van der Waals surface area (Å²) < 4.78 is 5.86. The Morgan fingerprint density at radius 2 is 2.33 bits per heavy atom. The zero-order chi connectivity index (χ0) is 13.1. The van der Waals surface area contributed by atoms with Gasteiger partial charge in [0.1, 0.15) is 18.9 Å². The molecule has 9 heteroatoms. The highest BCUT2D eigenvalue weighted by Crippen LogP contribution is 2.19. The number of rotatable bonds is 3. The number of aliphatic hydroxyl groups excluding tert-OH is 1. The van der Waals surface area contributed by atoms with Gasteiger partial charge in [-0.3, -0.25) is 4.79 Å². The summed E-state index contributed by atoms with van der Waals surface area (Å²) in [6, 6.07) is -0.742. The number of aliphatic hydroxyl groups is 1. The number of β-amino-alcohol motifs (C(OH)–C–C–N with tert-alkyl or cyclic N) is 1. The highest BCUT2D eigenvalue weighted by Gasteiger charge is 2.39. The molecule has 18 heavy (non-hydrogen) atoms. The quantitative estimate of drug-likeness (QED) is 0.610. The van der Waals surface area contributed by atoms with Gasteiger partial charge < -0.3 is 14.7 Å². The van der Waals surface area contributed by atoms with E-state index in [0.717, 1.165) is 0 Å². The third-order valence-electron chi connectivity index (χ3n) is 2.76. The molecular formula is C9H13N5O4. The van der Waals surface area contributed by atoms with E-state index >= 15 is 0 Å². The minimum Gasteiger partial charge on any atom is -0.467 e. The van der Waals surface area contributed by atoms with Crippen LogP contribution in [0.1, 0.15) is 6.42 Å². The lowest BCUT2D eigenvalue weighted by Gasteiger charge is -2.21. The molecule has 1 aliphatic heterocycles. The van der Waals surface area contributed by atoms with E-state index in [4.69, 9.17) is 0 Å². The number of tetrazole rings is 1. The van der Waals surface area contributed by atoms with Crippen molar-refractivity contribution in [3.63, 3.8) is 0 Å². The summed E-state index contributed by atoms with van der Waals surface area (Å²) in [5.74, 6) is -0.870. The number of carbonyl (C=O) groups excluding carboxylic acids is 2. The molecule has 0 bridgehead atoms. The first kappa shape index (κ1) is 12.4. The van der Waals surface area contributed by atoms with Gasteiger partial charge in [0.2, 0.25) is 5.91 Å². The molecule has 1 aliphatic rings. The summed E-state index contributed by atoms with van der Waals surface area (Å²) in [7, 11) is 1.25. The second-order valence-corrected chi connectivity index (χ2v) is 3.98. The van der Waals surface area contributed by atoms with E-state index in [1.165, 1.54) is 23.0 Å². The van der Waals surface area contributed by atoms with Crippen LogP contribution in [0, 0.1) is 0 Å². The van der Waals surface area contributed by atoms with Crippen LogP contribution in [0.25, 0.3) is 0 Å². The number of esters is 1. The van der Waals surface area contributed by atoms with Crippen molar-refractivity contribution in [2.45, 2.75) is 25.1 Å². The maximum Gasteiger partial charge on any atom is 0.328 e. The molecule has 1 saturated heterocycles. The van der Waals surface area contributed by atoms with E-state index in [9.17, 15) is 14.7 Å². The van der Waals surface area contributed by atoms with Crippen molar-refractivity contribution in [2.75, 3.05) is 13.7 Å². The van der Waals surface area contributed by atoms with Crippen molar-refractivity contribution in [1.82, 2.24) is 25.1 Å². The largest absolute Gasteiger partial charge is 0.467 e. The number of nitrogens with zero attached hydrogens (tertiary/aromatic N) is 5. The van der Waals surface area contributed by atoms with Gasteiger partial charge in [-0.2, -0.15) is 0 Å². The maximum atomic E-state index is 12.0. The van der Waals surface area contributed by atoms with Crippen molar-refractivity contribution in [2.24, 2.45) is 0 Å². The molecule has 2 atom stereocenters. The molecule has 1 aromatic heterocycles. The molecule has 0 aromatic carbocycles. The van der Waals surface area contributed by atoms with Crippen molar-refractivity contribution in [3.05, 3.63) is 6.33 Å². The molecular weight excluding hydrogens is 242 g/mol. The van der Waals surface area contributed by atoms with Gasteiger partial charge in [-0.05, 0) is 10.4 Å². The average Bonchev–Trinajstić information content (AvgIpc) is 2.97. The number of aromatic nitrogens is 4. The zero-order valence-corrected chi connectivity index (χ0v) is 9.76. The Morgan fingerprint density at radius 1 is 1.56 bits per heavy atom. The second kappa shape index (κ2) is 5.08. The van der Waals surface area contributed by atoms with Gasteiger partial charge in [0.25, 0.3) is 0 Å². The van der Waals surface area contributed by atoms with Gasteiger partial charge in [-0.15, -0.1) is 5.10 Å². The fourth-order valence-corrected chi connectivity index (χ4v) is 1.93. The van der Waals surface area contributed by atoms with Crippen molar-refractivity contribution < 1.29 is 19.4 Å². The summed E-state index contributed by atoms with van der Waals surface area (Å²) in [6.45, 7) is 0.0357. The first-order valence-corrected chi connectivity index (χ1v) is 5.38. The fraction of sp³-hybridized carbons (Fsp3) is 0.667. The normalized spacial score (nSPS) is 23.1. The topological polar surface area (TPSA) is 110 Å². The van der Waals surface area contributed by atoms with Gasteiger partial charge >= 0.3 is 5.97 Å². The van der Waals surface area contributed by atoms with Crippen LogP contribution >= 0.6 is 0 Å². The molecule has 9 nitrogen and oxygen atoms in total. The van der Waals surface area contributed by atoms with Gasteiger partial charge in [-0.1, -0.05) is 0 Å². The van der Waals surface area contributed by atoms with Crippen LogP contribution in [-0.4, -0.2) is 67.9 Å². The number of hydrogen-bond donors (Lipinski definition) is 1. The summed E-state index contributed by atoms with van der Waals surface area (Å²) in [4.78, 5) is 24.8. The van der Waals surface area contributed by atoms with Crippen LogP contribution in [0.5, 0.6) is 0 Å². The van der Waals surface area contributed by atoms with Crippen molar-refractivity contribution >= 4 is 11.9 Å². The zero-order valence-electron chi connectivity index (χ0n) is 9.76. The molecule has 1 N–H and O–H groups in total. The monoisotopic (exact) mass is 255 g/mol. The molecule has 1 aromatic rings. The number of likely N-dealkylation sites (tertiary alicyclic amines) is 1. The van der Waals surface area contributed by atoms with Crippen LogP contribution < -0.4 is 0 Å². The van der Waals surface area contributed by atoms with Crippen LogP contribution in [0.2, 0.25) is 0 Å². The Kier molecular flexibility index (Phi) is 3.51. The van der Waals surface area contributed by atoms with Crippen LogP contribution in [0.4, 0.5) is 0 Å². The number of ether oxygens (including phenoxy) is 1. The van der Waals surface area contributed by atoms with Gasteiger partial charge in [0, 0.05) is 13.0 Å². The van der Waals surface area contributed by atoms with Crippen LogP contribution in [0.15, 0.2) is 6.33 Å². The lowest BCUT2D eigenvalue weighted by atomic mass is 10.2. The predicted molar refractivity (Wildman–Crippen MR) is 56.0 cm³/mol. The van der Waals surface area contributed by atoms with E-state index in [1.807, 2.05) is 0 Å². The Morgan fingerprint density at radius 3 is 2.94 bits per heavy atom. The molecule has 2 rings (SSSR count). The lowest BCUT2D eigenvalue weighted by Crippen LogP contribution is -2.42. The first-order valence-electron chi connectivity index (χ1n) is 5.38. The lowest BCUT2D eigenvalue weighted by molar-refractivity contribution is -0.151. The fourth-order valence-electron chi connectivity index (χ4n) is 1.93.